The van der Waals surface area contributed by atoms with Gasteiger partial charge in [0.2, 0.25) is 5.91 Å². The minimum Gasteiger partial charge on any atom is -0.349 e. The smallest absolute Gasteiger partial charge is 0.242 e. The molecule has 1 amide bonds. The summed E-state index contributed by atoms with van der Waals surface area (Å²) in [6, 6.07) is 9.23. The summed E-state index contributed by atoms with van der Waals surface area (Å²) in [6.45, 7) is 2.18. The van der Waals surface area contributed by atoms with Crippen molar-refractivity contribution in [2.45, 2.75) is 18.8 Å². The number of rotatable bonds is 4. The van der Waals surface area contributed by atoms with Crippen LogP contribution in [-0.2, 0) is 11.3 Å². The Morgan fingerprint density at radius 3 is 2.63 bits per heavy atom. The Morgan fingerprint density at radius 1 is 1.26 bits per heavy atom. The molecular weight excluding hydrogens is 262 g/mol. The number of benzene rings is 1. The minimum absolute atomic E-state index is 0.241. The van der Waals surface area contributed by atoms with Crippen molar-refractivity contribution in [1.82, 2.24) is 15.3 Å². The van der Waals surface area contributed by atoms with Gasteiger partial charge in [0.05, 0.1) is 24.1 Å². The van der Waals surface area contributed by atoms with Crippen LogP contribution in [0.1, 0.15) is 22.3 Å². The van der Waals surface area contributed by atoms with E-state index in [-0.39, 0.29) is 5.91 Å². The van der Waals surface area contributed by atoms with Crippen LogP contribution in [0.4, 0.5) is 0 Å². The highest BCUT2D eigenvalue weighted by molar-refractivity contribution is 6.30. The van der Waals surface area contributed by atoms with Crippen LogP contribution in [0.2, 0.25) is 0 Å². The van der Waals surface area contributed by atoms with Crippen molar-refractivity contribution >= 4 is 17.5 Å². The molecule has 0 saturated carbocycles. The first kappa shape index (κ1) is 13.5. The summed E-state index contributed by atoms with van der Waals surface area (Å²) in [6.07, 6.45) is 3.30. The number of halogens is 1. The molecule has 19 heavy (non-hydrogen) atoms. The largest absolute Gasteiger partial charge is 0.349 e. The number of aromatic nitrogens is 2. The minimum atomic E-state index is -0.695. The average Bonchev–Trinajstić information content (AvgIpc) is 2.46. The molecule has 2 rings (SSSR count). The number of amides is 1. The molecule has 5 heteroatoms. The van der Waals surface area contributed by atoms with Gasteiger partial charge < -0.3 is 5.32 Å². The van der Waals surface area contributed by atoms with Gasteiger partial charge in [0.25, 0.3) is 0 Å². The number of nitrogens with one attached hydrogen (secondary N) is 1. The lowest BCUT2D eigenvalue weighted by Gasteiger charge is -2.10. The Balaban J connectivity index is 1.93. The highest BCUT2D eigenvalue weighted by Gasteiger charge is 2.16. The van der Waals surface area contributed by atoms with Crippen LogP contribution < -0.4 is 5.32 Å². The third-order valence-corrected chi connectivity index (χ3v) is 3.05. The Morgan fingerprint density at radius 2 is 2.00 bits per heavy atom. The number of hydrogen-bond donors (Lipinski definition) is 1. The highest BCUT2D eigenvalue weighted by Crippen LogP contribution is 2.19. The van der Waals surface area contributed by atoms with Crippen LogP contribution >= 0.6 is 11.6 Å². The first-order valence-electron chi connectivity index (χ1n) is 5.91. The number of nitrogens with zero attached hydrogens (tertiary/aromatic N) is 2. The maximum atomic E-state index is 11.9. The molecule has 0 aliphatic rings. The van der Waals surface area contributed by atoms with E-state index < -0.39 is 5.38 Å². The standard InChI is InChI=1S/C14H14ClN3O/c1-10-7-17-12(8-16-10)9-18-14(19)13(15)11-5-3-2-4-6-11/h2-8,13H,9H2,1H3,(H,18,19). The van der Waals surface area contributed by atoms with E-state index in [1.807, 2.05) is 37.3 Å². The molecule has 1 N–H and O–H groups in total. The van der Waals surface area contributed by atoms with E-state index in [1.165, 1.54) is 0 Å². The van der Waals surface area contributed by atoms with E-state index in [0.29, 0.717) is 12.2 Å². The van der Waals surface area contributed by atoms with Gasteiger partial charge in [-0.3, -0.25) is 14.8 Å². The SMILES string of the molecule is Cc1cnc(CNC(=O)C(Cl)c2ccccc2)cn1. The Kier molecular flexibility index (Phi) is 4.47. The second-order valence-electron chi connectivity index (χ2n) is 4.14. The van der Waals surface area contributed by atoms with Crippen LogP contribution in [0.15, 0.2) is 42.7 Å². The summed E-state index contributed by atoms with van der Waals surface area (Å²) in [5, 5.41) is 2.05. The third-order valence-electron chi connectivity index (χ3n) is 2.60. The summed E-state index contributed by atoms with van der Waals surface area (Å²) in [5.41, 5.74) is 2.32. The zero-order valence-corrected chi connectivity index (χ0v) is 11.3. The van der Waals surface area contributed by atoms with Gasteiger partial charge in [0.1, 0.15) is 5.38 Å². The van der Waals surface area contributed by atoms with Gasteiger partial charge in [0.15, 0.2) is 0 Å². The van der Waals surface area contributed by atoms with Crippen molar-refractivity contribution in [1.29, 1.82) is 0 Å². The molecule has 98 valence electrons. The van der Waals surface area contributed by atoms with E-state index in [0.717, 1.165) is 11.3 Å². The van der Waals surface area contributed by atoms with Gasteiger partial charge in [0, 0.05) is 6.20 Å². The van der Waals surface area contributed by atoms with Crippen molar-refractivity contribution in [2.75, 3.05) is 0 Å². The van der Waals surface area contributed by atoms with E-state index in [4.69, 9.17) is 11.6 Å². The zero-order valence-electron chi connectivity index (χ0n) is 10.5. The maximum Gasteiger partial charge on any atom is 0.242 e. The fourth-order valence-electron chi connectivity index (χ4n) is 1.55. The second-order valence-corrected chi connectivity index (χ2v) is 4.58. The monoisotopic (exact) mass is 275 g/mol. The van der Waals surface area contributed by atoms with Crippen molar-refractivity contribution in [3.63, 3.8) is 0 Å². The van der Waals surface area contributed by atoms with Crippen molar-refractivity contribution < 1.29 is 4.79 Å². The normalized spacial score (nSPS) is 11.9. The summed E-state index contributed by atoms with van der Waals surface area (Å²) >= 11 is 6.10. The summed E-state index contributed by atoms with van der Waals surface area (Å²) in [4.78, 5) is 20.2. The van der Waals surface area contributed by atoms with Crippen LogP contribution in [0, 0.1) is 6.92 Å². The lowest BCUT2D eigenvalue weighted by molar-refractivity contribution is -0.121. The number of carbonyl (C=O) groups is 1. The topological polar surface area (TPSA) is 54.9 Å². The van der Waals surface area contributed by atoms with Crippen molar-refractivity contribution in [3.8, 4) is 0 Å². The first-order chi connectivity index (χ1) is 9.16. The van der Waals surface area contributed by atoms with E-state index in [1.54, 1.807) is 12.4 Å². The quantitative estimate of drug-likeness (QED) is 0.872. The van der Waals surface area contributed by atoms with Gasteiger partial charge in [-0.2, -0.15) is 0 Å². The van der Waals surface area contributed by atoms with Crippen molar-refractivity contribution in [2.24, 2.45) is 0 Å². The van der Waals surface area contributed by atoms with Crippen molar-refractivity contribution in [3.05, 3.63) is 59.7 Å². The van der Waals surface area contributed by atoms with E-state index in [9.17, 15) is 4.79 Å². The predicted octanol–water partition coefficient (Wildman–Crippen LogP) is 2.38. The third kappa shape index (κ3) is 3.76. The molecule has 1 unspecified atom stereocenters. The molecule has 0 saturated heterocycles. The molecule has 1 aromatic heterocycles. The second kappa shape index (κ2) is 6.29. The summed E-state index contributed by atoms with van der Waals surface area (Å²) in [7, 11) is 0. The van der Waals surface area contributed by atoms with Crippen LogP contribution in [0.3, 0.4) is 0 Å². The molecule has 1 heterocycles. The lowest BCUT2D eigenvalue weighted by Crippen LogP contribution is -2.26. The Hall–Kier alpha value is -1.94. The highest BCUT2D eigenvalue weighted by atomic mass is 35.5. The predicted molar refractivity (Wildman–Crippen MR) is 73.7 cm³/mol. The number of alkyl halides is 1. The molecule has 0 aliphatic heterocycles. The molecule has 0 spiro atoms. The molecule has 0 aliphatic carbocycles. The summed E-state index contributed by atoms with van der Waals surface area (Å²) < 4.78 is 0. The Bertz CT molecular complexity index is 542. The van der Waals surface area contributed by atoms with Gasteiger partial charge in [-0.1, -0.05) is 30.3 Å². The molecular formula is C14H14ClN3O. The van der Waals surface area contributed by atoms with Gasteiger partial charge in [-0.15, -0.1) is 11.6 Å². The maximum absolute atomic E-state index is 11.9. The molecule has 0 fully saturated rings. The number of aryl methyl sites for hydroxylation is 1. The van der Waals surface area contributed by atoms with Crippen LogP contribution in [0.5, 0.6) is 0 Å². The average molecular weight is 276 g/mol. The molecule has 4 nitrogen and oxygen atoms in total. The first-order valence-corrected chi connectivity index (χ1v) is 6.34. The fraction of sp³-hybridized carbons (Fsp3) is 0.214. The molecule has 0 bridgehead atoms. The molecule has 0 radical (unpaired) electrons. The van der Waals surface area contributed by atoms with E-state index in [2.05, 4.69) is 15.3 Å². The fourth-order valence-corrected chi connectivity index (χ4v) is 1.77. The summed E-state index contributed by atoms with van der Waals surface area (Å²) in [5.74, 6) is -0.241. The molecule has 1 aromatic carbocycles. The van der Waals surface area contributed by atoms with Gasteiger partial charge >= 0.3 is 0 Å². The van der Waals surface area contributed by atoms with Gasteiger partial charge in [-0.05, 0) is 12.5 Å². The lowest BCUT2D eigenvalue weighted by atomic mass is 10.1. The molecule has 2 aromatic rings. The Labute approximate surface area is 116 Å². The molecule has 1 atom stereocenters. The van der Waals surface area contributed by atoms with E-state index >= 15 is 0 Å². The zero-order chi connectivity index (χ0) is 13.7. The number of hydrogen-bond acceptors (Lipinski definition) is 3. The van der Waals surface area contributed by atoms with Crippen LogP contribution in [-0.4, -0.2) is 15.9 Å². The van der Waals surface area contributed by atoms with Crippen LogP contribution in [0.25, 0.3) is 0 Å². The number of carbonyl (C=O) groups excluding carboxylic acids is 1. The van der Waals surface area contributed by atoms with Gasteiger partial charge in [-0.25, -0.2) is 0 Å².